The van der Waals surface area contributed by atoms with Gasteiger partial charge in [0.25, 0.3) is 0 Å². The Morgan fingerprint density at radius 3 is 1.45 bits per heavy atom. The van der Waals surface area contributed by atoms with Crippen molar-refractivity contribution in [1.29, 1.82) is 0 Å². The van der Waals surface area contributed by atoms with Gasteiger partial charge >= 0.3 is 0 Å². The predicted molar refractivity (Wildman–Crippen MR) is 219 cm³/mol. The number of hydrogen-bond acceptors (Lipinski definition) is 3. The van der Waals surface area contributed by atoms with E-state index < -0.39 is 0 Å². The van der Waals surface area contributed by atoms with E-state index in [-0.39, 0.29) is 5.92 Å². The fourth-order valence-corrected chi connectivity index (χ4v) is 8.41. The van der Waals surface area contributed by atoms with E-state index in [2.05, 4.69) is 182 Å². The molecule has 1 aliphatic carbocycles. The van der Waals surface area contributed by atoms with Crippen molar-refractivity contribution >= 4 is 43.1 Å². The Labute approximate surface area is 306 Å². The average Bonchev–Trinajstić information content (AvgIpc) is 3.54. The van der Waals surface area contributed by atoms with Crippen LogP contribution in [0.2, 0.25) is 0 Å². The fourth-order valence-electron chi connectivity index (χ4n) is 8.41. The smallest absolute Gasteiger partial charge is 0.164 e. The molecule has 10 aromatic rings. The molecule has 1 aliphatic rings. The van der Waals surface area contributed by atoms with Gasteiger partial charge in [0, 0.05) is 22.6 Å². The van der Waals surface area contributed by atoms with Crippen LogP contribution in [0.15, 0.2) is 182 Å². The highest BCUT2D eigenvalue weighted by atomic mass is 15.0. The molecule has 3 heteroatoms. The van der Waals surface area contributed by atoms with Crippen LogP contribution in [0.4, 0.5) is 0 Å². The molecule has 1 aromatic heterocycles. The molecule has 0 saturated carbocycles. The Balaban J connectivity index is 1.13. The Hall–Kier alpha value is -6.97. The van der Waals surface area contributed by atoms with Crippen molar-refractivity contribution < 1.29 is 0 Å². The summed E-state index contributed by atoms with van der Waals surface area (Å²) in [5, 5.41) is 9.52. The van der Waals surface area contributed by atoms with Crippen LogP contribution in [0.25, 0.3) is 88.4 Å². The first-order valence-corrected chi connectivity index (χ1v) is 18.1. The van der Waals surface area contributed by atoms with Crippen molar-refractivity contribution in [2.45, 2.75) is 5.92 Å². The summed E-state index contributed by atoms with van der Waals surface area (Å²) in [5.74, 6) is 2.07. The summed E-state index contributed by atoms with van der Waals surface area (Å²) in [6, 6.07) is 65.3. The van der Waals surface area contributed by atoms with Gasteiger partial charge < -0.3 is 0 Å². The largest absolute Gasteiger partial charge is 0.208 e. The van der Waals surface area contributed by atoms with Crippen LogP contribution in [-0.4, -0.2) is 15.0 Å². The van der Waals surface area contributed by atoms with Gasteiger partial charge in [0.05, 0.1) is 0 Å². The molecule has 0 saturated heterocycles. The SMILES string of the molecule is c1ccc2c(c1)-c1cc3ccccc3cc1C2c1ccc(-c2nc(-c3ccc4ccccc4c3)nc(-c3ccc4ccccc4c3)n2)c2ccccc12. The topological polar surface area (TPSA) is 38.7 Å². The summed E-state index contributed by atoms with van der Waals surface area (Å²) in [6.07, 6.45) is 0. The van der Waals surface area contributed by atoms with E-state index in [9.17, 15) is 0 Å². The zero-order chi connectivity index (χ0) is 34.9. The predicted octanol–water partition coefficient (Wildman–Crippen LogP) is 12.6. The molecular formula is C50H31N3. The molecular weight excluding hydrogens is 643 g/mol. The molecule has 0 spiro atoms. The van der Waals surface area contributed by atoms with Gasteiger partial charge in [-0.15, -0.1) is 0 Å². The zero-order valence-corrected chi connectivity index (χ0v) is 28.7. The molecule has 0 N–H and O–H groups in total. The van der Waals surface area contributed by atoms with Gasteiger partial charge in [0.15, 0.2) is 17.5 Å². The highest BCUT2D eigenvalue weighted by Gasteiger charge is 2.31. The first-order chi connectivity index (χ1) is 26.2. The summed E-state index contributed by atoms with van der Waals surface area (Å²) >= 11 is 0. The second kappa shape index (κ2) is 11.8. The van der Waals surface area contributed by atoms with E-state index >= 15 is 0 Å². The van der Waals surface area contributed by atoms with E-state index in [0.29, 0.717) is 17.5 Å². The molecule has 53 heavy (non-hydrogen) atoms. The van der Waals surface area contributed by atoms with Crippen LogP contribution in [-0.2, 0) is 0 Å². The Morgan fingerprint density at radius 1 is 0.283 bits per heavy atom. The second-order valence-corrected chi connectivity index (χ2v) is 14.0. The van der Waals surface area contributed by atoms with Crippen molar-refractivity contribution in [2.24, 2.45) is 0 Å². The average molecular weight is 674 g/mol. The molecule has 11 rings (SSSR count). The molecule has 0 bridgehead atoms. The molecule has 1 heterocycles. The zero-order valence-electron chi connectivity index (χ0n) is 28.7. The van der Waals surface area contributed by atoms with Crippen LogP contribution in [0, 0.1) is 0 Å². The highest BCUT2D eigenvalue weighted by molar-refractivity contribution is 6.01. The Morgan fingerprint density at radius 2 is 0.792 bits per heavy atom. The molecule has 0 aliphatic heterocycles. The molecule has 9 aromatic carbocycles. The molecule has 246 valence electrons. The Bertz CT molecular complexity index is 2990. The normalized spacial score (nSPS) is 13.5. The van der Waals surface area contributed by atoms with Gasteiger partial charge in [-0.05, 0) is 95.2 Å². The van der Waals surface area contributed by atoms with Crippen LogP contribution >= 0.6 is 0 Å². The van der Waals surface area contributed by atoms with Crippen LogP contribution in [0.1, 0.15) is 22.6 Å². The summed E-state index contributed by atoms with van der Waals surface area (Å²) < 4.78 is 0. The molecule has 3 nitrogen and oxygen atoms in total. The molecule has 1 unspecified atom stereocenters. The Kier molecular flexibility index (Phi) is 6.62. The molecule has 1 atom stereocenters. The number of rotatable bonds is 4. The second-order valence-electron chi connectivity index (χ2n) is 14.0. The minimum atomic E-state index is 0.101. The van der Waals surface area contributed by atoms with Gasteiger partial charge in [-0.2, -0.15) is 0 Å². The third kappa shape index (κ3) is 4.86. The van der Waals surface area contributed by atoms with Gasteiger partial charge in [-0.1, -0.05) is 158 Å². The van der Waals surface area contributed by atoms with Crippen LogP contribution in [0.5, 0.6) is 0 Å². The van der Waals surface area contributed by atoms with E-state index in [1.165, 1.54) is 54.7 Å². The van der Waals surface area contributed by atoms with Crippen LogP contribution in [0.3, 0.4) is 0 Å². The number of nitrogens with zero attached hydrogens (tertiary/aromatic N) is 3. The van der Waals surface area contributed by atoms with E-state index in [1.807, 2.05) is 0 Å². The lowest BCUT2D eigenvalue weighted by Crippen LogP contribution is -2.03. The maximum atomic E-state index is 5.23. The highest BCUT2D eigenvalue weighted by Crippen LogP contribution is 2.51. The first-order valence-electron chi connectivity index (χ1n) is 18.1. The van der Waals surface area contributed by atoms with Gasteiger partial charge in [0.1, 0.15) is 0 Å². The maximum Gasteiger partial charge on any atom is 0.164 e. The van der Waals surface area contributed by atoms with Crippen molar-refractivity contribution in [2.75, 3.05) is 0 Å². The first kappa shape index (κ1) is 29.7. The third-order valence-electron chi connectivity index (χ3n) is 11.0. The number of hydrogen-bond donors (Lipinski definition) is 0. The maximum absolute atomic E-state index is 5.23. The van der Waals surface area contributed by atoms with Crippen molar-refractivity contribution in [3.05, 3.63) is 199 Å². The van der Waals surface area contributed by atoms with Crippen molar-refractivity contribution in [3.8, 4) is 45.3 Å². The summed E-state index contributed by atoms with van der Waals surface area (Å²) in [6.45, 7) is 0. The minimum Gasteiger partial charge on any atom is -0.208 e. The standard InChI is InChI=1S/C50H31N3/c1-3-13-33-27-37(23-21-31(33)11-1)48-51-49(38-24-22-32-12-2-4-14-34(32)28-38)53-50(52-48)44-26-25-43(39-17-7-8-18-40(39)44)47-42-20-10-9-19-41(42)45-29-35-15-5-6-16-36(35)30-46(45)47/h1-30,47H. The van der Waals surface area contributed by atoms with E-state index in [0.717, 1.165) is 32.8 Å². The molecule has 0 fully saturated rings. The van der Waals surface area contributed by atoms with Gasteiger partial charge in [-0.3, -0.25) is 0 Å². The van der Waals surface area contributed by atoms with Gasteiger partial charge in [0.2, 0.25) is 0 Å². The summed E-state index contributed by atoms with van der Waals surface area (Å²) in [5.41, 5.74) is 9.50. The lowest BCUT2D eigenvalue weighted by Gasteiger charge is -2.19. The number of benzene rings is 9. The third-order valence-corrected chi connectivity index (χ3v) is 11.0. The monoisotopic (exact) mass is 673 g/mol. The molecule has 0 radical (unpaired) electrons. The summed E-state index contributed by atoms with van der Waals surface area (Å²) in [7, 11) is 0. The quantitative estimate of drug-likeness (QED) is 0.187. The van der Waals surface area contributed by atoms with Crippen molar-refractivity contribution in [1.82, 2.24) is 15.0 Å². The van der Waals surface area contributed by atoms with Crippen molar-refractivity contribution in [3.63, 3.8) is 0 Å². The van der Waals surface area contributed by atoms with Gasteiger partial charge in [-0.25, -0.2) is 15.0 Å². The van der Waals surface area contributed by atoms with Crippen LogP contribution < -0.4 is 0 Å². The number of fused-ring (bicyclic) bond motifs is 7. The van der Waals surface area contributed by atoms with E-state index in [1.54, 1.807) is 0 Å². The fraction of sp³-hybridized carbons (Fsp3) is 0.0200. The summed E-state index contributed by atoms with van der Waals surface area (Å²) in [4.78, 5) is 15.6. The van der Waals surface area contributed by atoms with E-state index in [4.69, 9.17) is 15.0 Å². The minimum absolute atomic E-state index is 0.101. The number of aromatic nitrogens is 3. The lowest BCUT2D eigenvalue weighted by molar-refractivity contribution is 1.03. The lowest BCUT2D eigenvalue weighted by atomic mass is 9.84. The molecule has 0 amide bonds.